The van der Waals surface area contributed by atoms with Crippen molar-refractivity contribution in [2.24, 2.45) is 5.92 Å². The van der Waals surface area contributed by atoms with Crippen molar-refractivity contribution >= 4 is 0 Å². The summed E-state index contributed by atoms with van der Waals surface area (Å²) in [5, 5.41) is 0. The van der Waals surface area contributed by atoms with Crippen LogP contribution < -0.4 is 0 Å². The maximum Gasteiger partial charge on any atom is 0.0414 e. The van der Waals surface area contributed by atoms with Gasteiger partial charge in [-0.3, -0.25) is 0 Å². The highest BCUT2D eigenvalue weighted by Crippen LogP contribution is 2.60. The second-order valence-electron chi connectivity index (χ2n) is 2.34. The molecule has 6 heavy (non-hydrogen) atoms. The molecule has 2 heterocycles. The van der Waals surface area contributed by atoms with Crippen molar-refractivity contribution in [2.45, 2.75) is 0 Å². The third-order valence-electron chi connectivity index (χ3n) is 2.10. The van der Waals surface area contributed by atoms with Gasteiger partial charge in [0, 0.05) is 24.7 Å². The minimum absolute atomic E-state index is 1.03. The summed E-state index contributed by atoms with van der Waals surface area (Å²) in [5.74, 6) is 1.03. The standard InChI is InChI=1S/C5H5N/c1-3-4-2-6(1)5(3)4/h3H,1-2H2/t3-/m0/s1. The number of nitrogens with zero attached hydrogens (tertiary/aromatic N) is 1. The molecule has 2 aliphatic heterocycles. The van der Waals surface area contributed by atoms with E-state index in [9.17, 15) is 0 Å². The van der Waals surface area contributed by atoms with Crippen LogP contribution in [0, 0.1) is 5.92 Å². The van der Waals surface area contributed by atoms with Crippen LogP contribution in [0.25, 0.3) is 0 Å². The van der Waals surface area contributed by atoms with Crippen LogP contribution in [-0.4, -0.2) is 18.0 Å². The van der Waals surface area contributed by atoms with Crippen molar-refractivity contribution in [3.8, 4) is 0 Å². The zero-order valence-electron chi connectivity index (χ0n) is 3.44. The molecule has 0 unspecified atom stereocenters. The Balaban J connectivity index is 2.40. The highest BCUT2D eigenvalue weighted by molar-refractivity contribution is 5.56. The fourth-order valence-corrected chi connectivity index (χ4v) is 1.59. The minimum atomic E-state index is 1.03. The van der Waals surface area contributed by atoms with Crippen LogP contribution in [-0.2, 0) is 0 Å². The second kappa shape index (κ2) is 0.310. The minimum Gasteiger partial charge on any atom is -0.369 e. The number of rotatable bonds is 0. The van der Waals surface area contributed by atoms with Crippen molar-refractivity contribution in [1.29, 1.82) is 0 Å². The molecule has 0 aromatic carbocycles. The van der Waals surface area contributed by atoms with Crippen molar-refractivity contribution < 1.29 is 0 Å². The van der Waals surface area contributed by atoms with Gasteiger partial charge in [0.05, 0.1) is 0 Å². The first-order valence-corrected chi connectivity index (χ1v) is 2.45. The van der Waals surface area contributed by atoms with Crippen LogP contribution in [0.1, 0.15) is 0 Å². The molecule has 0 bridgehead atoms. The average molecular weight is 79.1 g/mol. The molecule has 0 saturated carbocycles. The summed E-state index contributed by atoms with van der Waals surface area (Å²) in [4.78, 5) is 2.44. The van der Waals surface area contributed by atoms with Gasteiger partial charge in [-0.2, -0.15) is 0 Å². The van der Waals surface area contributed by atoms with Gasteiger partial charge in [0.25, 0.3) is 0 Å². The van der Waals surface area contributed by atoms with Crippen LogP contribution in [0.15, 0.2) is 11.3 Å². The van der Waals surface area contributed by atoms with E-state index < -0.39 is 0 Å². The fourth-order valence-electron chi connectivity index (χ4n) is 1.59. The highest BCUT2D eigenvalue weighted by atomic mass is 15.3. The van der Waals surface area contributed by atoms with Crippen LogP contribution in [0.3, 0.4) is 0 Å². The molecule has 1 nitrogen and oxygen atoms in total. The quantitative estimate of drug-likeness (QED) is 0.401. The summed E-state index contributed by atoms with van der Waals surface area (Å²) >= 11 is 0. The smallest absolute Gasteiger partial charge is 0.0414 e. The van der Waals surface area contributed by atoms with E-state index in [-0.39, 0.29) is 0 Å². The van der Waals surface area contributed by atoms with Gasteiger partial charge in [-0.25, -0.2) is 0 Å². The van der Waals surface area contributed by atoms with E-state index in [4.69, 9.17) is 0 Å². The molecule has 0 radical (unpaired) electrons. The Hall–Kier alpha value is -0.460. The van der Waals surface area contributed by atoms with Gasteiger partial charge in [0.15, 0.2) is 0 Å². The zero-order valence-corrected chi connectivity index (χ0v) is 3.44. The summed E-state index contributed by atoms with van der Waals surface area (Å²) in [6.07, 6.45) is 0. The van der Waals surface area contributed by atoms with Gasteiger partial charge in [-0.05, 0) is 5.57 Å². The van der Waals surface area contributed by atoms with Gasteiger partial charge in [0.1, 0.15) is 0 Å². The molecule has 30 valence electrons. The molecule has 0 aromatic rings. The molecule has 3 rings (SSSR count). The molecule has 0 spiro atoms. The molecular weight excluding hydrogens is 74.1 g/mol. The molecule has 1 atom stereocenters. The van der Waals surface area contributed by atoms with E-state index in [1.54, 1.807) is 11.3 Å². The lowest BCUT2D eigenvalue weighted by Gasteiger charge is -2.27. The van der Waals surface area contributed by atoms with Gasteiger partial charge in [-0.15, -0.1) is 0 Å². The lowest BCUT2D eigenvalue weighted by atomic mass is 10.2. The predicted molar refractivity (Wildman–Crippen MR) is 22.1 cm³/mol. The number of hydrogen-bond donors (Lipinski definition) is 0. The Bertz CT molecular complexity index is 151. The number of hydrogen-bond acceptors (Lipinski definition) is 1. The molecule has 1 saturated heterocycles. The molecule has 3 aliphatic rings. The molecule has 1 heteroatoms. The lowest BCUT2D eigenvalue weighted by Crippen LogP contribution is -2.30. The van der Waals surface area contributed by atoms with E-state index in [1.165, 1.54) is 13.1 Å². The maximum absolute atomic E-state index is 2.44. The SMILES string of the molecule is C1C2=C3[C@H]2CN13. The Kier molecular flexibility index (Phi) is 0.104. The van der Waals surface area contributed by atoms with E-state index in [2.05, 4.69) is 4.90 Å². The first kappa shape index (κ1) is 2.01. The van der Waals surface area contributed by atoms with Crippen LogP contribution in [0.4, 0.5) is 0 Å². The van der Waals surface area contributed by atoms with Crippen molar-refractivity contribution in [3.05, 3.63) is 11.3 Å². The molecule has 1 aliphatic carbocycles. The molecule has 1 fully saturated rings. The molecule has 0 amide bonds. The van der Waals surface area contributed by atoms with E-state index in [0.29, 0.717) is 0 Å². The fraction of sp³-hybridized carbons (Fsp3) is 0.600. The molecule has 0 N–H and O–H groups in total. The topological polar surface area (TPSA) is 3.24 Å². The first-order chi connectivity index (χ1) is 2.97. The maximum atomic E-state index is 2.44. The Morgan fingerprint density at radius 3 is 2.67 bits per heavy atom. The largest absolute Gasteiger partial charge is 0.369 e. The summed E-state index contributed by atoms with van der Waals surface area (Å²) in [5.41, 5.74) is 3.48. The van der Waals surface area contributed by atoms with E-state index in [1.807, 2.05) is 0 Å². The van der Waals surface area contributed by atoms with Crippen molar-refractivity contribution in [2.75, 3.05) is 13.1 Å². The highest BCUT2D eigenvalue weighted by Gasteiger charge is 2.58. The average Bonchev–Trinajstić information content (AvgIpc) is 2.03. The first-order valence-electron chi connectivity index (χ1n) is 2.45. The van der Waals surface area contributed by atoms with Crippen LogP contribution >= 0.6 is 0 Å². The number of fused-ring (bicyclic) bond motifs is 1. The van der Waals surface area contributed by atoms with Crippen molar-refractivity contribution in [1.82, 2.24) is 4.90 Å². The van der Waals surface area contributed by atoms with Gasteiger partial charge >= 0.3 is 0 Å². The third kappa shape index (κ3) is 0.0492. The molecule has 0 aromatic heterocycles. The normalized spacial score (nSPS) is 44.0. The van der Waals surface area contributed by atoms with Crippen molar-refractivity contribution in [3.63, 3.8) is 0 Å². The summed E-state index contributed by atoms with van der Waals surface area (Å²) < 4.78 is 0. The van der Waals surface area contributed by atoms with E-state index >= 15 is 0 Å². The third-order valence-corrected chi connectivity index (χ3v) is 2.10. The molecular formula is C5H5N. The van der Waals surface area contributed by atoms with Crippen LogP contribution in [0.5, 0.6) is 0 Å². The Labute approximate surface area is 36.3 Å². The summed E-state index contributed by atoms with van der Waals surface area (Å²) in [7, 11) is 0. The van der Waals surface area contributed by atoms with Gasteiger partial charge in [0.2, 0.25) is 0 Å². The Morgan fingerprint density at radius 1 is 1.67 bits per heavy atom. The Morgan fingerprint density at radius 2 is 2.67 bits per heavy atom. The zero-order chi connectivity index (χ0) is 3.72. The summed E-state index contributed by atoms with van der Waals surface area (Å²) in [6, 6.07) is 0. The lowest BCUT2D eigenvalue weighted by molar-refractivity contribution is 0.312. The monoisotopic (exact) mass is 79.0 g/mol. The van der Waals surface area contributed by atoms with Gasteiger partial charge < -0.3 is 4.90 Å². The second-order valence-corrected chi connectivity index (χ2v) is 2.34. The van der Waals surface area contributed by atoms with Gasteiger partial charge in [-0.1, -0.05) is 0 Å². The van der Waals surface area contributed by atoms with E-state index in [0.717, 1.165) is 5.92 Å². The summed E-state index contributed by atoms with van der Waals surface area (Å²) in [6.45, 7) is 2.71. The van der Waals surface area contributed by atoms with Crippen LogP contribution in [0.2, 0.25) is 0 Å². The predicted octanol–water partition coefficient (Wildman–Crippen LogP) is 0.200.